The van der Waals surface area contributed by atoms with E-state index in [-0.39, 0.29) is 6.10 Å². The molecular weight excluding hydrogens is 300 g/mol. The molecule has 1 unspecified atom stereocenters. The van der Waals surface area contributed by atoms with Gasteiger partial charge in [0, 0.05) is 6.42 Å². The molecule has 0 rings (SSSR count). The van der Waals surface area contributed by atoms with Crippen LogP contribution in [0.2, 0.25) is 0 Å². The van der Waals surface area contributed by atoms with Gasteiger partial charge in [-0.2, -0.15) is 0 Å². The fourth-order valence-corrected chi connectivity index (χ4v) is 2.62. The number of aliphatic hydroxyl groups excluding tert-OH is 1. The third-order valence-electron chi connectivity index (χ3n) is 4.17. The first-order valence-electron chi connectivity index (χ1n) is 9.86. The Morgan fingerprint density at radius 2 is 1.50 bits per heavy atom. The van der Waals surface area contributed by atoms with Gasteiger partial charge in [-0.1, -0.05) is 82.6 Å². The summed E-state index contributed by atoms with van der Waals surface area (Å²) in [7, 11) is 0. The number of allylic oxidation sites excluding steroid dienone is 3. The summed E-state index contributed by atoms with van der Waals surface area (Å²) < 4.78 is 0. The zero-order valence-electron chi connectivity index (χ0n) is 15.6. The lowest BCUT2D eigenvalue weighted by molar-refractivity contribution is -0.137. The maximum absolute atomic E-state index is 10.4. The monoisotopic (exact) mass is 338 g/mol. The number of rotatable bonds is 17. The first-order chi connectivity index (χ1) is 11.7. The second-order valence-corrected chi connectivity index (χ2v) is 6.62. The highest BCUT2D eigenvalue weighted by Gasteiger charge is 2.01. The van der Waals surface area contributed by atoms with Crippen LogP contribution in [0.3, 0.4) is 0 Å². The number of carbonyl (C=O) groups is 1. The zero-order valence-corrected chi connectivity index (χ0v) is 15.6. The van der Waals surface area contributed by atoms with Gasteiger partial charge < -0.3 is 10.2 Å². The van der Waals surface area contributed by atoms with E-state index in [0.29, 0.717) is 6.42 Å². The molecule has 0 aliphatic carbocycles. The number of aliphatic hydroxyl groups is 1. The van der Waals surface area contributed by atoms with Crippen LogP contribution in [-0.4, -0.2) is 22.3 Å². The van der Waals surface area contributed by atoms with Crippen LogP contribution in [0.4, 0.5) is 0 Å². The van der Waals surface area contributed by atoms with E-state index in [1.165, 1.54) is 38.5 Å². The molecule has 0 fully saturated rings. The number of carboxylic acids is 1. The third-order valence-corrected chi connectivity index (χ3v) is 4.17. The normalized spacial score (nSPS) is 13.1. The Bertz CT molecular complexity index is 334. The van der Waals surface area contributed by atoms with Crippen molar-refractivity contribution in [3.05, 3.63) is 24.3 Å². The largest absolute Gasteiger partial charge is 0.481 e. The standard InChI is InChI=1S/C21H38O3/c1-2-3-4-5-6-8-11-14-17-20(22)18-15-12-9-7-10-13-16-19-21(23)24/h5-6,11,14,20,22H,2-4,7-10,12-13,15-19H2,1H3,(H,23,24). The van der Waals surface area contributed by atoms with Crippen molar-refractivity contribution in [3.8, 4) is 0 Å². The van der Waals surface area contributed by atoms with E-state index < -0.39 is 5.97 Å². The quantitative estimate of drug-likeness (QED) is 0.252. The van der Waals surface area contributed by atoms with Crippen molar-refractivity contribution >= 4 is 5.97 Å². The van der Waals surface area contributed by atoms with Gasteiger partial charge in [-0.05, 0) is 32.1 Å². The number of carboxylic acid groups (broad SMARTS) is 1. The molecule has 0 aromatic heterocycles. The van der Waals surface area contributed by atoms with Crippen LogP contribution < -0.4 is 0 Å². The van der Waals surface area contributed by atoms with Crippen molar-refractivity contribution in [1.82, 2.24) is 0 Å². The summed E-state index contributed by atoms with van der Waals surface area (Å²) in [5.74, 6) is -0.689. The van der Waals surface area contributed by atoms with Gasteiger partial charge in [-0.25, -0.2) is 0 Å². The van der Waals surface area contributed by atoms with Crippen molar-refractivity contribution < 1.29 is 15.0 Å². The van der Waals surface area contributed by atoms with Gasteiger partial charge >= 0.3 is 5.97 Å². The van der Waals surface area contributed by atoms with Gasteiger partial charge in [0.25, 0.3) is 0 Å². The van der Waals surface area contributed by atoms with Gasteiger partial charge in [-0.15, -0.1) is 0 Å². The number of hydrogen-bond acceptors (Lipinski definition) is 2. The molecule has 3 nitrogen and oxygen atoms in total. The summed E-state index contributed by atoms with van der Waals surface area (Å²) >= 11 is 0. The van der Waals surface area contributed by atoms with Crippen molar-refractivity contribution in [3.63, 3.8) is 0 Å². The summed E-state index contributed by atoms with van der Waals surface area (Å²) in [6.07, 6.45) is 22.6. The predicted octanol–water partition coefficient (Wildman–Crippen LogP) is 6.03. The van der Waals surface area contributed by atoms with Gasteiger partial charge in [0.2, 0.25) is 0 Å². The van der Waals surface area contributed by atoms with Crippen LogP contribution in [0.15, 0.2) is 24.3 Å². The Kier molecular flexibility index (Phi) is 17.4. The minimum Gasteiger partial charge on any atom is -0.481 e. The summed E-state index contributed by atoms with van der Waals surface area (Å²) in [4.78, 5) is 10.4. The van der Waals surface area contributed by atoms with E-state index in [9.17, 15) is 9.90 Å². The van der Waals surface area contributed by atoms with E-state index in [1.807, 2.05) is 0 Å². The smallest absolute Gasteiger partial charge is 0.303 e. The maximum Gasteiger partial charge on any atom is 0.303 e. The molecular formula is C21H38O3. The average molecular weight is 339 g/mol. The second-order valence-electron chi connectivity index (χ2n) is 6.62. The molecule has 0 aromatic carbocycles. The van der Waals surface area contributed by atoms with E-state index in [2.05, 4.69) is 31.2 Å². The van der Waals surface area contributed by atoms with Crippen LogP contribution >= 0.6 is 0 Å². The molecule has 0 bridgehead atoms. The van der Waals surface area contributed by atoms with E-state index in [1.54, 1.807) is 0 Å². The molecule has 1 atom stereocenters. The Morgan fingerprint density at radius 1 is 0.875 bits per heavy atom. The summed E-state index contributed by atoms with van der Waals surface area (Å²) in [5, 5.41) is 18.5. The summed E-state index contributed by atoms with van der Waals surface area (Å²) in [6.45, 7) is 2.21. The molecule has 0 saturated heterocycles. The highest BCUT2D eigenvalue weighted by molar-refractivity contribution is 5.66. The predicted molar refractivity (Wildman–Crippen MR) is 102 cm³/mol. The summed E-state index contributed by atoms with van der Waals surface area (Å²) in [5.41, 5.74) is 0. The van der Waals surface area contributed by atoms with E-state index >= 15 is 0 Å². The zero-order chi connectivity index (χ0) is 17.9. The Labute approximate surface area is 148 Å². The fourth-order valence-electron chi connectivity index (χ4n) is 2.62. The van der Waals surface area contributed by atoms with Crippen LogP contribution in [0.1, 0.15) is 96.8 Å². The van der Waals surface area contributed by atoms with Gasteiger partial charge in [0.05, 0.1) is 6.10 Å². The van der Waals surface area contributed by atoms with Crippen LogP contribution in [0, 0.1) is 0 Å². The minimum absolute atomic E-state index is 0.208. The Balaban J connectivity index is 3.33. The molecule has 0 aliphatic heterocycles. The topological polar surface area (TPSA) is 57.5 Å². The van der Waals surface area contributed by atoms with Crippen molar-refractivity contribution in [2.75, 3.05) is 0 Å². The van der Waals surface area contributed by atoms with Crippen molar-refractivity contribution in [1.29, 1.82) is 0 Å². The molecule has 0 heterocycles. The van der Waals surface area contributed by atoms with Crippen LogP contribution in [-0.2, 0) is 4.79 Å². The molecule has 3 heteroatoms. The number of aliphatic carboxylic acids is 1. The first-order valence-corrected chi connectivity index (χ1v) is 9.86. The maximum atomic E-state index is 10.4. The molecule has 0 aliphatic rings. The lowest BCUT2D eigenvalue weighted by atomic mass is 10.0. The minimum atomic E-state index is -0.689. The number of hydrogen-bond donors (Lipinski definition) is 2. The highest BCUT2D eigenvalue weighted by Crippen LogP contribution is 2.12. The second kappa shape index (κ2) is 18.3. The van der Waals surface area contributed by atoms with Gasteiger partial charge in [-0.3, -0.25) is 4.79 Å². The van der Waals surface area contributed by atoms with E-state index in [4.69, 9.17) is 5.11 Å². The lowest BCUT2D eigenvalue weighted by Crippen LogP contribution is -2.04. The SMILES string of the molecule is CCCCC=CCC=CCC(O)CCCCCCCCCC(=O)O. The van der Waals surface area contributed by atoms with Crippen molar-refractivity contribution in [2.24, 2.45) is 0 Å². The molecule has 140 valence electrons. The molecule has 2 N–H and O–H groups in total. The Hall–Kier alpha value is -1.09. The lowest BCUT2D eigenvalue weighted by Gasteiger charge is -2.07. The van der Waals surface area contributed by atoms with Gasteiger partial charge in [0.1, 0.15) is 0 Å². The first kappa shape index (κ1) is 22.9. The molecule has 0 radical (unpaired) electrons. The Morgan fingerprint density at radius 3 is 2.17 bits per heavy atom. The third kappa shape index (κ3) is 19.0. The molecule has 0 spiro atoms. The van der Waals surface area contributed by atoms with E-state index in [0.717, 1.165) is 44.9 Å². The molecule has 0 aromatic rings. The van der Waals surface area contributed by atoms with Crippen LogP contribution in [0.5, 0.6) is 0 Å². The number of unbranched alkanes of at least 4 members (excludes halogenated alkanes) is 8. The molecule has 0 amide bonds. The highest BCUT2D eigenvalue weighted by atomic mass is 16.4. The molecule has 0 saturated carbocycles. The average Bonchev–Trinajstić information content (AvgIpc) is 2.55. The van der Waals surface area contributed by atoms with Crippen molar-refractivity contribution in [2.45, 2.75) is 103 Å². The van der Waals surface area contributed by atoms with Gasteiger partial charge in [0.15, 0.2) is 0 Å². The fraction of sp³-hybridized carbons (Fsp3) is 0.762. The summed E-state index contributed by atoms with van der Waals surface area (Å²) in [6, 6.07) is 0. The molecule has 24 heavy (non-hydrogen) atoms. The van der Waals surface area contributed by atoms with Crippen LogP contribution in [0.25, 0.3) is 0 Å².